The number of amides is 1. The third kappa shape index (κ3) is 4.51. The first-order valence-corrected chi connectivity index (χ1v) is 12.7. The first kappa shape index (κ1) is 26.4. The molecule has 0 aliphatic rings. The highest BCUT2D eigenvalue weighted by Crippen LogP contribution is 2.31. The summed E-state index contributed by atoms with van der Waals surface area (Å²) in [4.78, 5) is 53.1. The van der Waals surface area contributed by atoms with Crippen LogP contribution >= 0.6 is 0 Å². The second kappa shape index (κ2) is 10.5. The van der Waals surface area contributed by atoms with Crippen molar-refractivity contribution in [2.45, 2.75) is 20.0 Å². The van der Waals surface area contributed by atoms with Gasteiger partial charge in [0.25, 0.3) is 17.0 Å². The SMILES string of the molecule is Cc1c(NC(=O)C(C)OC(=O)c2c(-c3ccccc3)c3ccccc3c(=O)n2C)c(=O)n(-c2ccccc2)n1C. The lowest BCUT2D eigenvalue weighted by atomic mass is 9.97. The Hall–Kier alpha value is -5.18. The highest BCUT2D eigenvalue weighted by atomic mass is 16.5. The summed E-state index contributed by atoms with van der Waals surface area (Å²) < 4.78 is 9.92. The summed E-state index contributed by atoms with van der Waals surface area (Å²) in [6.07, 6.45) is -1.26. The zero-order valence-corrected chi connectivity index (χ0v) is 22.5. The molecule has 2 aromatic heterocycles. The van der Waals surface area contributed by atoms with E-state index in [1.807, 2.05) is 48.5 Å². The van der Waals surface area contributed by atoms with Gasteiger partial charge in [-0.3, -0.25) is 19.1 Å². The molecule has 1 atom stereocenters. The minimum Gasteiger partial charge on any atom is -0.448 e. The van der Waals surface area contributed by atoms with Crippen molar-refractivity contribution in [2.24, 2.45) is 14.1 Å². The van der Waals surface area contributed by atoms with Crippen LogP contribution < -0.4 is 16.4 Å². The van der Waals surface area contributed by atoms with Crippen LogP contribution in [-0.2, 0) is 23.6 Å². The van der Waals surface area contributed by atoms with Gasteiger partial charge in [0.1, 0.15) is 11.4 Å². The van der Waals surface area contributed by atoms with Gasteiger partial charge in [-0.05, 0) is 43.0 Å². The number of carbonyl (C=O) groups is 2. The predicted octanol–water partition coefficient (Wildman–Crippen LogP) is 4.19. The van der Waals surface area contributed by atoms with Crippen LogP contribution in [0, 0.1) is 6.92 Å². The molecule has 0 fully saturated rings. The van der Waals surface area contributed by atoms with Gasteiger partial charge in [-0.1, -0.05) is 66.7 Å². The highest BCUT2D eigenvalue weighted by molar-refractivity contribution is 6.07. The van der Waals surface area contributed by atoms with Crippen LogP contribution in [0.3, 0.4) is 0 Å². The van der Waals surface area contributed by atoms with E-state index in [4.69, 9.17) is 4.74 Å². The lowest BCUT2D eigenvalue weighted by molar-refractivity contribution is -0.123. The number of nitrogens with one attached hydrogen (secondary N) is 1. The molecule has 40 heavy (non-hydrogen) atoms. The molecule has 2 heterocycles. The standard InChI is InChI=1S/C31H28N4O5/c1-19-26(30(38)35(34(19)4)22-15-9-6-10-16-22)32-28(36)20(2)40-31(39)27-25(21-13-7-5-8-14-21)23-17-11-12-18-24(23)29(37)33(27)3/h5-18,20H,1-4H3,(H,32,36). The highest BCUT2D eigenvalue weighted by Gasteiger charge is 2.28. The van der Waals surface area contributed by atoms with E-state index in [9.17, 15) is 19.2 Å². The topological polar surface area (TPSA) is 104 Å². The number of carbonyl (C=O) groups excluding carboxylic acids is 2. The number of anilines is 1. The van der Waals surface area contributed by atoms with E-state index < -0.39 is 23.5 Å². The van der Waals surface area contributed by atoms with E-state index in [2.05, 4.69) is 5.32 Å². The Morgan fingerprint density at radius 2 is 1.38 bits per heavy atom. The third-order valence-electron chi connectivity index (χ3n) is 7.01. The maximum atomic E-state index is 13.6. The van der Waals surface area contributed by atoms with Gasteiger partial charge >= 0.3 is 5.97 Å². The Balaban J connectivity index is 1.48. The fraction of sp³-hybridized carbons (Fsp3) is 0.161. The molecule has 0 saturated heterocycles. The normalized spacial score (nSPS) is 11.8. The lowest BCUT2D eigenvalue weighted by Crippen LogP contribution is -2.34. The number of fused-ring (bicyclic) bond motifs is 1. The summed E-state index contributed by atoms with van der Waals surface area (Å²) in [5.41, 5.74) is 1.76. The van der Waals surface area contributed by atoms with Crippen molar-refractivity contribution in [3.63, 3.8) is 0 Å². The summed E-state index contributed by atoms with van der Waals surface area (Å²) in [5.74, 6) is -1.51. The number of ether oxygens (including phenoxy) is 1. The number of benzene rings is 3. The van der Waals surface area contributed by atoms with Crippen LogP contribution in [0.2, 0.25) is 0 Å². The van der Waals surface area contributed by atoms with Crippen molar-refractivity contribution >= 4 is 28.3 Å². The smallest absolute Gasteiger partial charge is 0.356 e. The second-order valence-corrected chi connectivity index (χ2v) is 9.47. The van der Waals surface area contributed by atoms with Gasteiger partial charge in [0, 0.05) is 25.0 Å². The van der Waals surface area contributed by atoms with Gasteiger partial charge in [0.05, 0.1) is 11.4 Å². The van der Waals surface area contributed by atoms with Gasteiger partial charge in [-0.25, -0.2) is 9.48 Å². The predicted molar refractivity (Wildman–Crippen MR) is 154 cm³/mol. The molecule has 3 aromatic carbocycles. The monoisotopic (exact) mass is 536 g/mol. The molecule has 9 nitrogen and oxygen atoms in total. The van der Waals surface area contributed by atoms with Crippen molar-refractivity contribution in [2.75, 3.05) is 5.32 Å². The molecule has 0 saturated carbocycles. The van der Waals surface area contributed by atoms with Crippen LogP contribution in [0.25, 0.3) is 27.6 Å². The molecule has 0 aliphatic carbocycles. The molecule has 0 bridgehead atoms. The Morgan fingerprint density at radius 1 is 0.800 bits per heavy atom. The Kier molecular flexibility index (Phi) is 6.96. The number of esters is 1. The number of hydrogen-bond acceptors (Lipinski definition) is 5. The van der Waals surface area contributed by atoms with Crippen LogP contribution in [0.5, 0.6) is 0 Å². The van der Waals surface area contributed by atoms with E-state index in [-0.39, 0.29) is 16.9 Å². The second-order valence-electron chi connectivity index (χ2n) is 9.47. The van der Waals surface area contributed by atoms with Crippen LogP contribution in [0.1, 0.15) is 23.1 Å². The molecule has 202 valence electrons. The Morgan fingerprint density at radius 3 is 2.02 bits per heavy atom. The molecule has 1 N–H and O–H groups in total. The maximum absolute atomic E-state index is 13.6. The summed E-state index contributed by atoms with van der Waals surface area (Å²) in [6.45, 7) is 3.13. The van der Waals surface area contributed by atoms with Crippen LogP contribution in [0.15, 0.2) is 94.5 Å². The van der Waals surface area contributed by atoms with Gasteiger partial charge in [-0.2, -0.15) is 0 Å². The molecule has 0 spiro atoms. The zero-order chi connectivity index (χ0) is 28.6. The fourth-order valence-electron chi connectivity index (χ4n) is 4.81. The molecule has 1 unspecified atom stereocenters. The molecule has 9 heteroatoms. The molecule has 0 radical (unpaired) electrons. The average Bonchev–Trinajstić information content (AvgIpc) is 3.18. The van der Waals surface area contributed by atoms with E-state index >= 15 is 0 Å². The number of nitrogens with zero attached hydrogens (tertiary/aromatic N) is 3. The number of aromatic nitrogens is 3. The number of pyridine rings is 1. The zero-order valence-electron chi connectivity index (χ0n) is 22.5. The average molecular weight is 537 g/mol. The summed E-state index contributed by atoms with van der Waals surface area (Å²) in [7, 11) is 3.22. The van der Waals surface area contributed by atoms with Crippen molar-refractivity contribution in [3.05, 3.63) is 117 Å². The molecule has 0 aliphatic heterocycles. The Labute approximate surface area is 229 Å². The quantitative estimate of drug-likeness (QED) is 0.328. The van der Waals surface area contributed by atoms with Gasteiger partial charge in [0.2, 0.25) is 0 Å². The lowest BCUT2D eigenvalue weighted by Gasteiger charge is -2.19. The van der Waals surface area contributed by atoms with Crippen molar-refractivity contribution in [3.8, 4) is 16.8 Å². The van der Waals surface area contributed by atoms with Crippen molar-refractivity contribution < 1.29 is 14.3 Å². The van der Waals surface area contributed by atoms with Gasteiger partial charge in [-0.15, -0.1) is 0 Å². The third-order valence-corrected chi connectivity index (χ3v) is 7.01. The molecule has 5 rings (SSSR count). The minimum absolute atomic E-state index is 0.0249. The maximum Gasteiger partial charge on any atom is 0.356 e. The van der Waals surface area contributed by atoms with Crippen molar-refractivity contribution in [1.82, 2.24) is 13.9 Å². The largest absolute Gasteiger partial charge is 0.448 e. The van der Waals surface area contributed by atoms with E-state index in [1.165, 1.54) is 23.2 Å². The minimum atomic E-state index is -1.26. The fourth-order valence-corrected chi connectivity index (χ4v) is 4.81. The Bertz CT molecular complexity index is 1870. The molecule has 5 aromatic rings. The van der Waals surface area contributed by atoms with E-state index in [0.29, 0.717) is 27.7 Å². The van der Waals surface area contributed by atoms with Crippen LogP contribution in [0.4, 0.5) is 5.69 Å². The summed E-state index contributed by atoms with van der Waals surface area (Å²) in [6, 6.07) is 25.3. The van der Waals surface area contributed by atoms with Crippen molar-refractivity contribution in [1.29, 1.82) is 0 Å². The first-order valence-electron chi connectivity index (χ1n) is 12.7. The van der Waals surface area contributed by atoms with E-state index in [1.54, 1.807) is 55.1 Å². The summed E-state index contributed by atoms with van der Waals surface area (Å²) in [5, 5.41) is 3.69. The van der Waals surface area contributed by atoms with E-state index in [0.717, 1.165) is 5.56 Å². The molecule has 1 amide bonds. The van der Waals surface area contributed by atoms with Gasteiger partial charge < -0.3 is 14.6 Å². The number of para-hydroxylation sites is 1. The molecular formula is C31H28N4O5. The first-order chi connectivity index (χ1) is 19.2. The van der Waals surface area contributed by atoms with Gasteiger partial charge in [0.15, 0.2) is 6.10 Å². The van der Waals surface area contributed by atoms with Crippen LogP contribution in [-0.4, -0.2) is 31.9 Å². The number of hydrogen-bond donors (Lipinski definition) is 1. The number of rotatable bonds is 6. The summed E-state index contributed by atoms with van der Waals surface area (Å²) >= 11 is 0. The molecular weight excluding hydrogens is 508 g/mol.